The maximum atomic E-state index is 12.7. The van der Waals surface area contributed by atoms with Crippen LogP contribution in [0.2, 0.25) is 0 Å². The van der Waals surface area contributed by atoms with Gasteiger partial charge in [-0.05, 0) is 106 Å². The van der Waals surface area contributed by atoms with Crippen molar-refractivity contribution in [3.63, 3.8) is 0 Å². The Bertz CT molecular complexity index is 1060. The lowest BCUT2D eigenvalue weighted by Crippen LogP contribution is -2.53. The molecule has 0 aliphatic heterocycles. The number of anilines is 3. The van der Waals surface area contributed by atoms with Gasteiger partial charge in [0.2, 0.25) is 0 Å². The summed E-state index contributed by atoms with van der Waals surface area (Å²) in [6, 6.07) is 18.3. The molecule has 0 radical (unpaired) electrons. The summed E-state index contributed by atoms with van der Waals surface area (Å²) < 4.78 is 5.64. The predicted molar refractivity (Wildman–Crippen MR) is 143 cm³/mol. The number of hydrogen-bond donors (Lipinski definition) is 1. The van der Waals surface area contributed by atoms with Crippen LogP contribution in [0, 0.1) is 17.3 Å². The summed E-state index contributed by atoms with van der Waals surface area (Å²) in [5, 5.41) is 2.86. The lowest BCUT2D eigenvalue weighted by Gasteiger charge is -2.60. The van der Waals surface area contributed by atoms with Crippen LogP contribution < -0.4 is 10.2 Å². The van der Waals surface area contributed by atoms with Crippen molar-refractivity contribution in [2.75, 3.05) is 16.8 Å². The molecule has 6 rings (SSSR count). The molecule has 4 bridgehead atoms. The van der Waals surface area contributed by atoms with Crippen LogP contribution in [0.15, 0.2) is 54.6 Å². The fourth-order valence-corrected chi connectivity index (χ4v) is 8.79. The van der Waals surface area contributed by atoms with Gasteiger partial charge in [-0.1, -0.05) is 34.1 Å². The monoisotopic (exact) mass is 538 g/mol. The molecule has 2 aromatic carbocycles. The maximum absolute atomic E-state index is 12.7. The van der Waals surface area contributed by atoms with Gasteiger partial charge in [-0.15, -0.1) is 0 Å². The second-order valence-electron chi connectivity index (χ2n) is 11.3. The molecular weight excluding hydrogens is 504 g/mol. The Morgan fingerprint density at radius 2 is 1.63 bits per heavy atom. The Balaban J connectivity index is 1.13. The zero-order chi connectivity index (χ0) is 24.6. The molecule has 4 aliphatic carbocycles. The van der Waals surface area contributed by atoms with Gasteiger partial charge in [0.25, 0.3) is 5.91 Å². The molecule has 4 aliphatic rings. The SMILES string of the molecule is CC(C)N(c1ccccc1)c1ccc(NC(=O)COC(=O)CC23CC4CC(CC(Br)(C4)C2)C3)cc1. The van der Waals surface area contributed by atoms with Gasteiger partial charge in [-0.25, -0.2) is 0 Å². The first-order valence-electron chi connectivity index (χ1n) is 12.8. The van der Waals surface area contributed by atoms with E-state index >= 15 is 0 Å². The summed E-state index contributed by atoms with van der Waals surface area (Å²) in [5.41, 5.74) is 2.92. The van der Waals surface area contributed by atoms with Crippen molar-refractivity contribution in [3.05, 3.63) is 54.6 Å². The van der Waals surface area contributed by atoms with E-state index in [2.05, 4.69) is 52.1 Å². The Kier molecular flexibility index (Phi) is 6.69. The molecule has 5 nitrogen and oxygen atoms in total. The van der Waals surface area contributed by atoms with Gasteiger partial charge in [-0.2, -0.15) is 0 Å². The van der Waals surface area contributed by atoms with Gasteiger partial charge in [0.15, 0.2) is 6.61 Å². The van der Waals surface area contributed by atoms with Crippen molar-refractivity contribution in [2.24, 2.45) is 17.3 Å². The predicted octanol–water partition coefficient (Wildman–Crippen LogP) is 6.84. The van der Waals surface area contributed by atoms with E-state index in [1.54, 1.807) is 0 Å². The largest absolute Gasteiger partial charge is 0.456 e. The van der Waals surface area contributed by atoms with Crippen LogP contribution >= 0.6 is 15.9 Å². The standard InChI is InChI=1S/C29H35BrN2O3/c1-20(2)32(24-6-4-3-5-7-24)25-10-8-23(9-11-25)31-26(33)18-35-27(34)17-28-13-21-12-22(14-28)16-29(30,15-21)19-28/h3-11,20-22H,12-19H2,1-2H3,(H,31,33). The number of para-hydroxylation sites is 1. The minimum atomic E-state index is -0.308. The van der Waals surface area contributed by atoms with Gasteiger partial charge in [0.05, 0.1) is 6.42 Å². The Labute approximate surface area is 216 Å². The van der Waals surface area contributed by atoms with Crippen LogP contribution in [0.1, 0.15) is 58.8 Å². The Morgan fingerprint density at radius 1 is 1.00 bits per heavy atom. The van der Waals surface area contributed by atoms with E-state index in [0.29, 0.717) is 12.1 Å². The van der Waals surface area contributed by atoms with E-state index in [4.69, 9.17) is 4.74 Å². The van der Waals surface area contributed by atoms with Crippen LogP contribution in [-0.2, 0) is 14.3 Å². The number of ether oxygens (including phenoxy) is 1. The van der Waals surface area contributed by atoms with Crippen molar-refractivity contribution in [3.8, 4) is 0 Å². The van der Waals surface area contributed by atoms with E-state index in [9.17, 15) is 9.59 Å². The molecule has 6 heteroatoms. The lowest BCUT2D eigenvalue weighted by atomic mass is 9.49. The van der Waals surface area contributed by atoms with Crippen molar-refractivity contribution >= 4 is 44.9 Å². The number of hydrogen-bond acceptors (Lipinski definition) is 4. The highest BCUT2D eigenvalue weighted by Gasteiger charge is 2.57. The lowest BCUT2D eigenvalue weighted by molar-refractivity contribution is -0.153. The number of carbonyl (C=O) groups is 2. The van der Waals surface area contributed by atoms with E-state index < -0.39 is 0 Å². The molecule has 186 valence electrons. The number of rotatable bonds is 8. The first-order chi connectivity index (χ1) is 16.7. The quantitative estimate of drug-likeness (QED) is 0.295. The van der Waals surface area contributed by atoms with Crippen LogP contribution in [0.5, 0.6) is 0 Å². The molecule has 2 unspecified atom stereocenters. The highest BCUT2D eigenvalue weighted by molar-refractivity contribution is 9.10. The van der Waals surface area contributed by atoms with Gasteiger partial charge in [0.1, 0.15) is 0 Å². The summed E-state index contributed by atoms with van der Waals surface area (Å²) in [5.74, 6) is 0.896. The average Bonchev–Trinajstić information content (AvgIpc) is 2.77. The fourth-order valence-electron chi connectivity index (χ4n) is 7.28. The summed E-state index contributed by atoms with van der Waals surface area (Å²) in [6.07, 6.45) is 7.52. The number of amides is 1. The smallest absolute Gasteiger partial charge is 0.306 e. The third-order valence-electron chi connectivity index (χ3n) is 7.97. The number of halogens is 1. The number of carbonyl (C=O) groups excluding carboxylic acids is 2. The first-order valence-corrected chi connectivity index (χ1v) is 13.6. The minimum absolute atomic E-state index is 0.0536. The van der Waals surface area contributed by atoms with Crippen LogP contribution in [-0.4, -0.2) is 28.8 Å². The third kappa shape index (κ3) is 5.42. The molecule has 0 saturated heterocycles. The number of alkyl halides is 1. The average molecular weight is 540 g/mol. The van der Waals surface area contributed by atoms with E-state index in [1.807, 2.05) is 42.5 Å². The molecule has 4 fully saturated rings. The molecule has 4 saturated carbocycles. The second-order valence-corrected chi connectivity index (χ2v) is 13.0. The first kappa shape index (κ1) is 24.4. The van der Waals surface area contributed by atoms with E-state index in [-0.39, 0.29) is 34.3 Å². The Hall–Kier alpha value is -2.34. The molecule has 2 aromatic rings. The van der Waals surface area contributed by atoms with Gasteiger partial charge in [0, 0.05) is 27.4 Å². The van der Waals surface area contributed by atoms with E-state index in [0.717, 1.165) is 42.5 Å². The molecule has 35 heavy (non-hydrogen) atoms. The number of esters is 1. The Morgan fingerprint density at radius 3 is 2.23 bits per heavy atom. The highest BCUT2D eigenvalue weighted by Crippen LogP contribution is 2.65. The van der Waals surface area contributed by atoms with Crippen LogP contribution in [0.4, 0.5) is 17.1 Å². The van der Waals surface area contributed by atoms with Crippen molar-refractivity contribution in [2.45, 2.75) is 69.2 Å². The third-order valence-corrected chi connectivity index (χ3v) is 8.90. The maximum Gasteiger partial charge on any atom is 0.306 e. The van der Waals surface area contributed by atoms with Crippen LogP contribution in [0.3, 0.4) is 0 Å². The molecule has 2 atom stereocenters. The van der Waals surface area contributed by atoms with Gasteiger partial charge < -0.3 is 15.0 Å². The second kappa shape index (κ2) is 9.61. The number of benzene rings is 2. The number of nitrogens with zero attached hydrogens (tertiary/aromatic N) is 1. The summed E-state index contributed by atoms with van der Waals surface area (Å²) in [4.78, 5) is 27.4. The molecule has 0 aromatic heterocycles. The molecular formula is C29H35BrN2O3. The topological polar surface area (TPSA) is 58.6 Å². The van der Waals surface area contributed by atoms with Crippen molar-refractivity contribution < 1.29 is 14.3 Å². The highest BCUT2D eigenvalue weighted by atomic mass is 79.9. The normalized spacial score (nSPS) is 28.7. The zero-order valence-corrected chi connectivity index (χ0v) is 22.2. The van der Waals surface area contributed by atoms with E-state index in [1.165, 1.54) is 19.3 Å². The van der Waals surface area contributed by atoms with Crippen LogP contribution in [0.25, 0.3) is 0 Å². The molecule has 0 heterocycles. The zero-order valence-electron chi connectivity index (χ0n) is 20.6. The summed E-state index contributed by atoms with van der Waals surface area (Å²) >= 11 is 4.00. The van der Waals surface area contributed by atoms with Gasteiger partial charge >= 0.3 is 5.97 Å². The van der Waals surface area contributed by atoms with Gasteiger partial charge in [-0.3, -0.25) is 9.59 Å². The fraction of sp³-hybridized carbons (Fsp3) is 0.517. The van der Waals surface area contributed by atoms with Crippen molar-refractivity contribution in [1.29, 1.82) is 0 Å². The minimum Gasteiger partial charge on any atom is -0.456 e. The van der Waals surface area contributed by atoms with Crippen molar-refractivity contribution in [1.82, 2.24) is 0 Å². The molecule has 0 spiro atoms. The molecule has 1 N–H and O–H groups in total. The number of nitrogens with one attached hydrogen (secondary N) is 1. The molecule has 1 amide bonds. The summed E-state index contributed by atoms with van der Waals surface area (Å²) in [7, 11) is 0. The summed E-state index contributed by atoms with van der Waals surface area (Å²) in [6.45, 7) is 4.06.